The second kappa shape index (κ2) is 7.00. The van der Waals surface area contributed by atoms with Gasteiger partial charge in [0.2, 0.25) is 0 Å². The molecule has 112 valence electrons. The van der Waals surface area contributed by atoms with Gasteiger partial charge in [0.05, 0.1) is 10.0 Å². The first-order chi connectivity index (χ1) is 10.0. The zero-order valence-electron chi connectivity index (χ0n) is 11.6. The fraction of sp³-hybridized carbons (Fsp3) is 0.250. The van der Waals surface area contributed by atoms with Crippen molar-refractivity contribution in [3.05, 3.63) is 63.6 Å². The highest BCUT2D eigenvalue weighted by Crippen LogP contribution is 2.28. The molecule has 2 aromatic carbocycles. The molecule has 0 saturated heterocycles. The van der Waals surface area contributed by atoms with Gasteiger partial charge in [0.1, 0.15) is 24.0 Å². The largest absolute Gasteiger partial charge is 0.488 e. The second-order valence-corrected chi connectivity index (χ2v) is 5.52. The van der Waals surface area contributed by atoms with Gasteiger partial charge in [-0.2, -0.15) is 0 Å². The number of ether oxygens (including phenoxy) is 1. The molecule has 0 aliphatic rings. The van der Waals surface area contributed by atoms with E-state index in [4.69, 9.17) is 10.5 Å². The molecule has 0 radical (unpaired) electrons. The van der Waals surface area contributed by atoms with Crippen LogP contribution in [0.1, 0.15) is 30.5 Å². The molecule has 2 N–H and O–H groups in total. The molecule has 0 amide bonds. The summed E-state index contributed by atoms with van der Waals surface area (Å²) < 4.78 is 33.4. The van der Waals surface area contributed by atoms with E-state index >= 15 is 0 Å². The summed E-state index contributed by atoms with van der Waals surface area (Å²) in [5, 5.41) is 0. The fourth-order valence-corrected chi connectivity index (χ4v) is 2.36. The van der Waals surface area contributed by atoms with Crippen molar-refractivity contribution in [2.24, 2.45) is 5.73 Å². The van der Waals surface area contributed by atoms with E-state index in [2.05, 4.69) is 15.9 Å². The Labute approximate surface area is 131 Å². The minimum Gasteiger partial charge on any atom is -0.488 e. The Bertz CT molecular complexity index is 634. The van der Waals surface area contributed by atoms with Crippen LogP contribution in [0.25, 0.3) is 0 Å². The van der Waals surface area contributed by atoms with Gasteiger partial charge in [-0.05, 0) is 40.5 Å². The molecule has 0 heterocycles. The van der Waals surface area contributed by atoms with Gasteiger partial charge >= 0.3 is 0 Å². The predicted octanol–water partition coefficient (Wildman–Crippen LogP) is 4.72. The molecule has 2 nitrogen and oxygen atoms in total. The van der Waals surface area contributed by atoms with Crippen LogP contribution in [0.2, 0.25) is 0 Å². The summed E-state index contributed by atoms with van der Waals surface area (Å²) in [4.78, 5) is 0. The molecule has 0 fully saturated rings. The molecule has 21 heavy (non-hydrogen) atoms. The van der Waals surface area contributed by atoms with E-state index in [0.29, 0.717) is 5.75 Å². The van der Waals surface area contributed by atoms with Crippen molar-refractivity contribution < 1.29 is 13.5 Å². The second-order valence-electron chi connectivity index (χ2n) is 4.66. The van der Waals surface area contributed by atoms with Crippen molar-refractivity contribution in [3.63, 3.8) is 0 Å². The average molecular weight is 356 g/mol. The van der Waals surface area contributed by atoms with E-state index in [1.54, 1.807) is 12.1 Å². The van der Waals surface area contributed by atoms with Crippen LogP contribution in [0.4, 0.5) is 8.78 Å². The van der Waals surface area contributed by atoms with Gasteiger partial charge in [-0.1, -0.05) is 25.1 Å². The summed E-state index contributed by atoms with van der Waals surface area (Å²) in [7, 11) is 0. The SMILES string of the molecule is CC[C@@H](N)c1ccccc1OCc1c(F)ccc(Br)c1F. The smallest absolute Gasteiger partial charge is 0.146 e. The standard InChI is InChI=1S/C16H16BrF2NO/c1-2-14(20)10-5-3-4-6-15(10)21-9-11-13(18)8-7-12(17)16(11)19/h3-8,14H,2,9,20H2,1H3/t14-/m1/s1. The lowest BCUT2D eigenvalue weighted by atomic mass is 10.0. The highest BCUT2D eigenvalue weighted by atomic mass is 79.9. The lowest BCUT2D eigenvalue weighted by Gasteiger charge is -2.16. The Kier molecular flexibility index (Phi) is 5.31. The number of nitrogens with two attached hydrogens (primary N) is 1. The normalized spacial score (nSPS) is 12.2. The van der Waals surface area contributed by atoms with Crippen LogP contribution in [-0.4, -0.2) is 0 Å². The van der Waals surface area contributed by atoms with Gasteiger partial charge in [-0.25, -0.2) is 8.78 Å². The van der Waals surface area contributed by atoms with Crippen molar-refractivity contribution in [3.8, 4) is 5.75 Å². The van der Waals surface area contributed by atoms with Crippen LogP contribution in [0.3, 0.4) is 0 Å². The molecule has 0 bridgehead atoms. The number of benzene rings is 2. The lowest BCUT2D eigenvalue weighted by molar-refractivity contribution is 0.287. The Morgan fingerprint density at radius 3 is 2.62 bits per heavy atom. The van der Waals surface area contributed by atoms with Crippen LogP contribution < -0.4 is 10.5 Å². The van der Waals surface area contributed by atoms with E-state index < -0.39 is 11.6 Å². The highest BCUT2D eigenvalue weighted by molar-refractivity contribution is 9.10. The molecule has 0 saturated carbocycles. The van der Waals surface area contributed by atoms with Gasteiger partial charge in [0.25, 0.3) is 0 Å². The van der Waals surface area contributed by atoms with Gasteiger partial charge in [0, 0.05) is 11.6 Å². The van der Waals surface area contributed by atoms with Crippen molar-refractivity contribution in [1.29, 1.82) is 0 Å². The molecule has 0 spiro atoms. The third-order valence-corrected chi connectivity index (χ3v) is 3.88. The fourth-order valence-electron chi connectivity index (χ4n) is 1.99. The maximum atomic E-state index is 13.9. The third kappa shape index (κ3) is 3.60. The first kappa shape index (κ1) is 15.9. The van der Waals surface area contributed by atoms with Crippen LogP contribution in [-0.2, 0) is 6.61 Å². The van der Waals surface area contributed by atoms with Gasteiger partial charge in [-0.15, -0.1) is 0 Å². The van der Waals surface area contributed by atoms with Crippen LogP contribution in [0.5, 0.6) is 5.75 Å². The highest BCUT2D eigenvalue weighted by Gasteiger charge is 2.15. The summed E-state index contributed by atoms with van der Waals surface area (Å²) in [6, 6.07) is 9.63. The Morgan fingerprint density at radius 2 is 1.90 bits per heavy atom. The molecular weight excluding hydrogens is 340 g/mol. The van der Waals surface area contributed by atoms with Crippen LogP contribution in [0, 0.1) is 11.6 Å². The third-order valence-electron chi connectivity index (χ3n) is 3.27. The van der Waals surface area contributed by atoms with Crippen LogP contribution in [0.15, 0.2) is 40.9 Å². The minimum atomic E-state index is -0.646. The monoisotopic (exact) mass is 355 g/mol. The topological polar surface area (TPSA) is 35.2 Å². The number of rotatable bonds is 5. The Hall–Kier alpha value is -1.46. The number of hydrogen-bond acceptors (Lipinski definition) is 2. The number of para-hydroxylation sites is 1. The molecular formula is C16H16BrF2NO. The van der Waals surface area contributed by atoms with Crippen molar-refractivity contribution in [2.45, 2.75) is 26.0 Å². The zero-order valence-corrected chi connectivity index (χ0v) is 13.2. The first-order valence-corrected chi connectivity index (χ1v) is 7.43. The summed E-state index contributed by atoms with van der Waals surface area (Å²) in [5.74, 6) is -0.731. The molecule has 2 aromatic rings. The molecule has 5 heteroatoms. The van der Waals surface area contributed by atoms with Gasteiger partial charge in [0.15, 0.2) is 0 Å². The number of hydrogen-bond donors (Lipinski definition) is 1. The Balaban J connectivity index is 2.23. The average Bonchev–Trinajstić information content (AvgIpc) is 2.50. The molecule has 2 rings (SSSR count). The summed E-state index contributed by atoms with van der Waals surface area (Å²) in [6.07, 6.45) is 0.750. The lowest BCUT2D eigenvalue weighted by Crippen LogP contribution is -2.11. The van der Waals surface area contributed by atoms with Gasteiger partial charge in [-0.3, -0.25) is 0 Å². The number of halogens is 3. The van der Waals surface area contributed by atoms with E-state index in [-0.39, 0.29) is 22.7 Å². The van der Waals surface area contributed by atoms with E-state index in [9.17, 15) is 8.78 Å². The first-order valence-electron chi connectivity index (χ1n) is 6.64. The van der Waals surface area contributed by atoms with Crippen molar-refractivity contribution >= 4 is 15.9 Å². The quantitative estimate of drug-likeness (QED) is 0.787. The molecule has 0 aliphatic carbocycles. The summed E-state index contributed by atoms with van der Waals surface area (Å²) in [5.41, 5.74) is 6.73. The minimum absolute atomic E-state index is 0.107. The molecule has 0 unspecified atom stereocenters. The van der Waals surface area contributed by atoms with Crippen molar-refractivity contribution in [2.75, 3.05) is 0 Å². The van der Waals surface area contributed by atoms with E-state index in [0.717, 1.165) is 12.0 Å². The summed E-state index contributed by atoms with van der Waals surface area (Å²) >= 11 is 3.04. The zero-order chi connectivity index (χ0) is 15.4. The van der Waals surface area contributed by atoms with Gasteiger partial charge < -0.3 is 10.5 Å². The molecule has 1 atom stereocenters. The maximum absolute atomic E-state index is 13.9. The molecule has 0 aliphatic heterocycles. The van der Waals surface area contributed by atoms with Crippen molar-refractivity contribution in [1.82, 2.24) is 0 Å². The van der Waals surface area contributed by atoms with E-state index in [1.165, 1.54) is 12.1 Å². The Morgan fingerprint density at radius 1 is 1.19 bits per heavy atom. The maximum Gasteiger partial charge on any atom is 0.146 e. The summed E-state index contributed by atoms with van der Waals surface area (Å²) in [6.45, 7) is 1.78. The molecule has 0 aromatic heterocycles. The van der Waals surface area contributed by atoms with E-state index in [1.807, 2.05) is 19.1 Å². The predicted molar refractivity (Wildman–Crippen MR) is 82.1 cm³/mol. The van der Waals surface area contributed by atoms with Crippen LogP contribution >= 0.6 is 15.9 Å².